The summed E-state index contributed by atoms with van der Waals surface area (Å²) in [6.45, 7) is 0. The van der Waals surface area contributed by atoms with E-state index in [0.717, 1.165) is 29.1 Å². The van der Waals surface area contributed by atoms with Crippen LogP contribution in [0.3, 0.4) is 0 Å². The summed E-state index contributed by atoms with van der Waals surface area (Å²) in [5, 5.41) is 6.28. The third kappa shape index (κ3) is 3.77. The summed E-state index contributed by atoms with van der Waals surface area (Å²) in [7, 11) is 0. The monoisotopic (exact) mass is 355 g/mol. The molecule has 25 heavy (non-hydrogen) atoms. The second kappa shape index (κ2) is 7.26. The first-order valence-corrected chi connectivity index (χ1v) is 10.1. The molecular weight excluding hydrogens is 330 g/mol. The highest BCUT2D eigenvalue weighted by Crippen LogP contribution is 2.39. The van der Waals surface area contributed by atoms with Crippen molar-refractivity contribution in [3.05, 3.63) is 41.4 Å². The first kappa shape index (κ1) is 16.7. The van der Waals surface area contributed by atoms with Crippen LogP contribution >= 0.6 is 11.3 Å². The summed E-state index contributed by atoms with van der Waals surface area (Å²) < 4.78 is 0. The van der Waals surface area contributed by atoms with Crippen LogP contribution < -0.4 is 11.1 Å². The maximum atomic E-state index is 12.6. The molecule has 2 saturated carbocycles. The van der Waals surface area contributed by atoms with Gasteiger partial charge in [0.15, 0.2) is 0 Å². The van der Waals surface area contributed by atoms with E-state index in [9.17, 15) is 4.79 Å². The molecule has 0 radical (unpaired) electrons. The summed E-state index contributed by atoms with van der Waals surface area (Å²) in [6, 6.07) is 10.7. The highest BCUT2D eigenvalue weighted by Gasteiger charge is 2.39. The van der Waals surface area contributed by atoms with Crippen molar-refractivity contribution in [1.29, 1.82) is 0 Å². The molecule has 2 bridgehead atoms. The number of nitrogens with two attached hydrogens (primary N) is 1. The number of thiazole rings is 1. The molecule has 2 aliphatic carbocycles. The van der Waals surface area contributed by atoms with Crippen LogP contribution in [0.25, 0.3) is 10.6 Å². The van der Waals surface area contributed by atoms with Crippen molar-refractivity contribution in [2.45, 2.75) is 50.6 Å². The zero-order valence-electron chi connectivity index (χ0n) is 14.4. The molecule has 5 heteroatoms. The quantitative estimate of drug-likeness (QED) is 0.883. The molecular formula is C20H25N3OS. The van der Waals surface area contributed by atoms with Gasteiger partial charge in [-0.05, 0) is 37.5 Å². The Morgan fingerprint density at radius 3 is 2.64 bits per heavy atom. The lowest BCUT2D eigenvalue weighted by Gasteiger charge is -2.45. The standard InChI is InChI=1S/C20H25N3OS/c21-16-9-14-7-4-8-15(10-16)19(14)23-18(24)11-17-12-25-20(22-17)13-5-2-1-3-6-13/h1-3,5-6,12,14-16,19H,4,7-11,21H2,(H,23,24). The SMILES string of the molecule is NC1CC2CCCC(C1)C2NC(=O)Cc1csc(-c2ccccc2)n1. The zero-order chi connectivity index (χ0) is 17.2. The Labute approximate surface area is 152 Å². The Morgan fingerprint density at radius 2 is 1.92 bits per heavy atom. The Hall–Kier alpha value is -1.72. The van der Waals surface area contributed by atoms with Gasteiger partial charge in [0.1, 0.15) is 5.01 Å². The van der Waals surface area contributed by atoms with Gasteiger partial charge in [0.25, 0.3) is 0 Å². The van der Waals surface area contributed by atoms with Gasteiger partial charge in [-0.1, -0.05) is 36.8 Å². The number of hydrogen-bond donors (Lipinski definition) is 2. The highest BCUT2D eigenvalue weighted by atomic mass is 32.1. The largest absolute Gasteiger partial charge is 0.352 e. The molecule has 4 rings (SSSR count). The van der Waals surface area contributed by atoms with Crippen molar-refractivity contribution < 1.29 is 4.79 Å². The van der Waals surface area contributed by atoms with Gasteiger partial charge in [-0.25, -0.2) is 4.98 Å². The van der Waals surface area contributed by atoms with Gasteiger partial charge in [-0.3, -0.25) is 4.79 Å². The van der Waals surface area contributed by atoms with Crippen molar-refractivity contribution in [2.24, 2.45) is 17.6 Å². The third-order valence-corrected chi connectivity index (χ3v) is 6.56. The second-order valence-corrected chi connectivity index (χ2v) is 8.32. The molecule has 1 aromatic heterocycles. The molecule has 2 unspecified atom stereocenters. The van der Waals surface area contributed by atoms with E-state index in [2.05, 4.69) is 22.4 Å². The van der Waals surface area contributed by atoms with E-state index in [4.69, 9.17) is 5.73 Å². The number of nitrogens with one attached hydrogen (secondary N) is 1. The summed E-state index contributed by atoms with van der Waals surface area (Å²) in [5.74, 6) is 1.21. The van der Waals surface area contributed by atoms with Crippen LogP contribution in [0.4, 0.5) is 0 Å². The number of carbonyl (C=O) groups excluding carboxylic acids is 1. The number of nitrogens with zero attached hydrogens (tertiary/aromatic N) is 1. The van der Waals surface area contributed by atoms with Crippen LogP contribution in [0.1, 0.15) is 37.8 Å². The molecule has 3 N–H and O–H groups in total. The highest BCUT2D eigenvalue weighted by molar-refractivity contribution is 7.13. The smallest absolute Gasteiger partial charge is 0.226 e. The number of benzene rings is 1. The predicted molar refractivity (Wildman–Crippen MR) is 101 cm³/mol. The number of rotatable bonds is 4. The molecule has 1 aromatic carbocycles. The van der Waals surface area contributed by atoms with Crippen LogP contribution in [0.5, 0.6) is 0 Å². The number of hydrogen-bond acceptors (Lipinski definition) is 4. The molecule has 0 saturated heterocycles. The van der Waals surface area contributed by atoms with Crippen molar-refractivity contribution in [2.75, 3.05) is 0 Å². The Kier molecular flexibility index (Phi) is 4.86. The lowest BCUT2D eigenvalue weighted by atomic mass is 9.67. The van der Waals surface area contributed by atoms with Crippen LogP contribution in [-0.4, -0.2) is 23.0 Å². The summed E-state index contributed by atoms with van der Waals surface area (Å²) in [4.78, 5) is 17.2. The molecule has 1 amide bonds. The minimum absolute atomic E-state index is 0.0993. The average Bonchev–Trinajstić information content (AvgIpc) is 3.05. The summed E-state index contributed by atoms with van der Waals surface area (Å²) >= 11 is 1.60. The zero-order valence-corrected chi connectivity index (χ0v) is 15.2. The minimum atomic E-state index is 0.0993. The van der Waals surface area contributed by atoms with Crippen molar-refractivity contribution in [1.82, 2.24) is 10.3 Å². The van der Waals surface area contributed by atoms with Gasteiger partial charge >= 0.3 is 0 Å². The fraction of sp³-hybridized carbons (Fsp3) is 0.500. The van der Waals surface area contributed by atoms with E-state index in [0.29, 0.717) is 30.3 Å². The lowest BCUT2D eigenvalue weighted by Crippen LogP contribution is -2.54. The van der Waals surface area contributed by atoms with Crippen molar-refractivity contribution in [3.8, 4) is 10.6 Å². The molecule has 132 valence electrons. The van der Waals surface area contributed by atoms with E-state index in [1.807, 2.05) is 23.6 Å². The maximum absolute atomic E-state index is 12.6. The molecule has 1 heterocycles. The molecule has 4 nitrogen and oxygen atoms in total. The Bertz CT molecular complexity index is 716. The Morgan fingerprint density at radius 1 is 1.20 bits per heavy atom. The topological polar surface area (TPSA) is 68.0 Å². The molecule has 2 atom stereocenters. The van der Waals surface area contributed by atoms with Crippen molar-refractivity contribution in [3.63, 3.8) is 0 Å². The van der Waals surface area contributed by atoms with Crippen LogP contribution in [0, 0.1) is 11.8 Å². The van der Waals surface area contributed by atoms with E-state index >= 15 is 0 Å². The lowest BCUT2D eigenvalue weighted by molar-refractivity contribution is -0.122. The second-order valence-electron chi connectivity index (χ2n) is 7.46. The molecule has 2 fully saturated rings. The van der Waals surface area contributed by atoms with Crippen molar-refractivity contribution >= 4 is 17.2 Å². The average molecular weight is 356 g/mol. The molecule has 2 aromatic rings. The van der Waals surface area contributed by atoms with Gasteiger partial charge in [0, 0.05) is 23.0 Å². The van der Waals surface area contributed by atoms with Gasteiger partial charge in [-0.15, -0.1) is 11.3 Å². The number of carbonyl (C=O) groups is 1. The van der Waals surface area contributed by atoms with E-state index in [-0.39, 0.29) is 5.91 Å². The fourth-order valence-electron chi connectivity index (χ4n) is 4.53. The first-order valence-electron chi connectivity index (χ1n) is 9.24. The van der Waals surface area contributed by atoms with E-state index in [1.165, 1.54) is 19.3 Å². The normalized spacial score (nSPS) is 28.5. The predicted octanol–water partition coefficient (Wildman–Crippen LogP) is 3.37. The summed E-state index contributed by atoms with van der Waals surface area (Å²) in [6.07, 6.45) is 6.15. The van der Waals surface area contributed by atoms with Crippen LogP contribution in [0.15, 0.2) is 35.7 Å². The first-order chi connectivity index (χ1) is 12.2. The molecule has 0 aliphatic heterocycles. The molecule has 0 spiro atoms. The number of fused-ring (bicyclic) bond motifs is 2. The van der Waals surface area contributed by atoms with Gasteiger partial charge in [0.05, 0.1) is 12.1 Å². The van der Waals surface area contributed by atoms with Crippen LogP contribution in [0.2, 0.25) is 0 Å². The molecule has 2 aliphatic rings. The summed E-state index contributed by atoms with van der Waals surface area (Å²) in [5.41, 5.74) is 8.14. The number of aromatic nitrogens is 1. The van der Waals surface area contributed by atoms with Gasteiger partial charge in [0.2, 0.25) is 5.91 Å². The van der Waals surface area contributed by atoms with Gasteiger partial charge in [-0.2, -0.15) is 0 Å². The Balaban J connectivity index is 1.39. The fourth-order valence-corrected chi connectivity index (χ4v) is 5.35. The van der Waals surface area contributed by atoms with Crippen LogP contribution in [-0.2, 0) is 11.2 Å². The third-order valence-electron chi connectivity index (χ3n) is 5.62. The van der Waals surface area contributed by atoms with E-state index in [1.54, 1.807) is 11.3 Å². The maximum Gasteiger partial charge on any atom is 0.226 e. The number of amides is 1. The van der Waals surface area contributed by atoms with E-state index < -0.39 is 0 Å². The van der Waals surface area contributed by atoms with Gasteiger partial charge < -0.3 is 11.1 Å². The minimum Gasteiger partial charge on any atom is -0.352 e.